The molecule has 0 aliphatic heterocycles. The molecule has 1 aromatic carbocycles. The third-order valence-corrected chi connectivity index (χ3v) is 3.32. The maximum Gasteiger partial charge on any atom is 0.222 e. The van der Waals surface area contributed by atoms with E-state index in [0.717, 1.165) is 30.1 Å². The summed E-state index contributed by atoms with van der Waals surface area (Å²) in [5.74, 6) is 0.978. The lowest BCUT2D eigenvalue weighted by Gasteiger charge is -2.16. The molecule has 1 aliphatic carbocycles. The van der Waals surface area contributed by atoms with Crippen LogP contribution in [-0.4, -0.2) is 24.4 Å². The monoisotopic (exact) mass is 232 g/mol. The van der Waals surface area contributed by atoms with Crippen LogP contribution in [0.5, 0.6) is 0 Å². The molecule has 0 aromatic heterocycles. The Morgan fingerprint density at radius 1 is 1.41 bits per heavy atom. The van der Waals surface area contributed by atoms with Crippen molar-refractivity contribution in [2.75, 3.05) is 19.3 Å². The van der Waals surface area contributed by atoms with Gasteiger partial charge in [0.1, 0.15) is 0 Å². The second-order valence-corrected chi connectivity index (χ2v) is 4.92. The molecule has 1 aromatic rings. The number of amides is 1. The van der Waals surface area contributed by atoms with E-state index >= 15 is 0 Å². The van der Waals surface area contributed by atoms with E-state index < -0.39 is 0 Å². The molecule has 0 heterocycles. The number of carbonyl (C=O) groups is 1. The van der Waals surface area contributed by atoms with Gasteiger partial charge in [0.15, 0.2) is 0 Å². The first-order valence-corrected chi connectivity index (χ1v) is 6.24. The van der Waals surface area contributed by atoms with Crippen LogP contribution in [0.1, 0.15) is 24.8 Å². The summed E-state index contributed by atoms with van der Waals surface area (Å²) < 4.78 is 0. The molecule has 3 nitrogen and oxygen atoms in total. The van der Waals surface area contributed by atoms with E-state index in [1.165, 1.54) is 12.8 Å². The average Bonchev–Trinajstić information content (AvgIpc) is 3.11. The highest BCUT2D eigenvalue weighted by Gasteiger charge is 2.24. The Balaban J connectivity index is 1.80. The highest BCUT2D eigenvalue weighted by atomic mass is 16.2. The number of anilines is 1. The lowest BCUT2D eigenvalue weighted by atomic mass is 10.1. The second-order valence-electron chi connectivity index (χ2n) is 4.92. The highest BCUT2D eigenvalue weighted by Crippen LogP contribution is 2.29. The number of hydrogen-bond donors (Lipinski definition) is 1. The Labute approximate surface area is 103 Å². The molecular formula is C14H20N2O. The Morgan fingerprint density at radius 2 is 2.12 bits per heavy atom. The smallest absolute Gasteiger partial charge is 0.222 e. The molecular weight excluding hydrogens is 212 g/mol. The van der Waals surface area contributed by atoms with Crippen molar-refractivity contribution in [3.05, 3.63) is 29.8 Å². The van der Waals surface area contributed by atoms with Crippen molar-refractivity contribution in [2.45, 2.75) is 25.7 Å². The summed E-state index contributed by atoms with van der Waals surface area (Å²) in [7, 11) is 1.90. The molecule has 0 unspecified atom stereocenters. The minimum Gasteiger partial charge on any atom is -0.399 e. The van der Waals surface area contributed by atoms with Crippen LogP contribution >= 0.6 is 0 Å². The Bertz CT molecular complexity index is 399. The molecule has 0 saturated heterocycles. The molecule has 0 radical (unpaired) electrons. The Morgan fingerprint density at radius 3 is 2.76 bits per heavy atom. The molecule has 1 fully saturated rings. The van der Waals surface area contributed by atoms with Gasteiger partial charge in [0.05, 0.1) is 0 Å². The van der Waals surface area contributed by atoms with Crippen molar-refractivity contribution >= 4 is 11.6 Å². The molecule has 3 heteroatoms. The fourth-order valence-corrected chi connectivity index (χ4v) is 1.98. The van der Waals surface area contributed by atoms with E-state index in [-0.39, 0.29) is 5.91 Å². The standard InChI is InChI=1S/C14H20N2O/c1-16(10-11-6-7-11)14(17)9-8-12-4-2-3-5-13(12)15/h2-5,11H,6-10,15H2,1H3. The van der Waals surface area contributed by atoms with Gasteiger partial charge in [0.25, 0.3) is 0 Å². The third kappa shape index (κ3) is 3.48. The quantitative estimate of drug-likeness (QED) is 0.790. The zero-order chi connectivity index (χ0) is 12.3. The summed E-state index contributed by atoms with van der Waals surface area (Å²) in [6.07, 6.45) is 3.85. The molecule has 1 aliphatic rings. The van der Waals surface area contributed by atoms with E-state index in [4.69, 9.17) is 5.73 Å². The van der Waals surface area contributed by atoms with Crippen LogP contribution in [0.25, 0.3) is 0 Å². The number of para-hydroxylation sites is 1. The van der Waals surface area contributed by atoms with Crippen molar-refractivity contribution in [1.29, 1.82) is 0 Å². The number of nitrogens with zero attached hydrogens (tertiary/aromatic N) is 1. The van der Waals surface area contributed by atoms with Crippen LogP contribution in [0, 0.1) is 5.92 Å². The minimum atomic E-state index is 0.222. The van der Waals surface area contributed by atoms with Gasteiger partial charge in [-0.15, -0.1) is 0 Å². The number of rotatable bonds is 5. The van der Waals surface area contributed by atoms with E-state index in [2.05, 4.69) is 0 Å². The summed E-state index contributed by atoms with van der Waals surface area (Å²) in [4.78, 5) is 13.7. The molecule has 2 N–H and O–H groups in total. The second kappa shape index (κ2) is 5.21. The van der Waals surface area contributed by atoms with Crippen LogP contribution in [-0.2, 0) is 11.2 Å². The summed E-state index contributed by atoms with van der Waals surface area (Å²) in [5, 5.41) is 0. The van der Waals surface area contributed by atoms with Gasteiger partial charge in [0.2, 0.25) is 5.91 Å². The number of nitrogens with two attached hydrogens (primary N) is 1. The molecule has 2 rings (SSSR count). The topological polar surface area (TPSA) is 46.3 Å². The predicted molar refractivity (Wildman–Crippen MR) is 69.5 cm³/mol. The summed E-state index contributed by atoms with van der Waals surface area (Å²) in [5.41, 5.74) is 7.70. The summed E-state index contributed by atoms with van der Waals surface area (Å²) in [6.45, 7) is 0.920. The first-order chi connectivity index (χ1) is 8.16. The lowest BCUT2D eigenvalue weighted by molar-refractivity contribution is -0.130. The van der Waals surface area contributed by atoms with Crippen LogP contribution in [0.4, 0.5) is 5.69 Å². The molecule has 0 bridgehead atoms. The van der Waals surface area contributed by atoms with Gasteiger partial charge >= 0.3 is 0 Å². The first kappa shape index (κ1) is 12.0. The maximum atomic E-state index is 11.9. The van der Waals surface area contributed by atoms with E-state index in [9.17, 15) is 4.79 Å². The van der Waals surface area contributed by atoms with Gasteiger partial charge in [-0.3, -0.25) is 4.79 Å². The van der Waals surface area contributed by atoms with Gasteiger partial charge in [-0.05, 0) is 36.8 Å². The number of hydrogen-bond acceptors (Lipinski definition) is 2. The van der Waals surface area contributed by atoms with Gasteiger partial charge in [-0.1, -0.05) is 18.2 Å². The van der Waals surface area contributed by atoms with Gasteiger partial charge in [-0.25, -0.2) is 0 Å². The van der Waals surface area contributed by atoms with Gasteiger partial charge < -0.3 is 10.6 Å². The maximum absolute atomic E-state index is 11.9. The van der Waals surface area contributed by atoms with E-state index in [1.807, 2.05) is 36.2 Å². The van der Waals surface area contributed by atoms with E-state index in [1.54, 1.807) is 0 Å². The normalized spacial score (nSPS) is 14.6. The van der Waals surface area contributed by atoms with Crippen LogP contribution in [0.3, 0.4) is 0 Å². The lowest BCUT2D eigenvalue weighted by Crippen LogP contribution is -2.28. The summed E-state index contributed by atoms with van der Waals surface area (Å²) in [6, 6.07) is 7.75. The molecule has 1 saturated carbocycles. The zero-order valence-corrected chi connectivity index (χ0v) is 10.4. The number of benzene rings is 1. The molecule has 0 atom stereocenters. The average molecular weight is 232 g/mol. The predicted octanol–water partition coefficient (Wildman–Crippen LogP) is 2.07. The Kier molecular flexibility index (Phi) is 3.67. The zero-order valence-electron chi connectivity index (χ0n) is 10.4. The highest BCUT2D eigenvalue weighted by molar-refractivity contribution is 5.76. The minimum absolute atomic E-state index is 0.222. The SMILES string of the molecule is CN(CC1CC1)C(=O)CCc1ccccc1N. The van der Waals surface area contributed by atoms with Crippen molar-refractivity contribution in [3.63, 3.8) is 0 Å². The summed E-state index contributed by atoms with van der Waals surface area (Å²) >= 11 is 0. The van der Waals surface area contributed by atoms with Crippen molar-refractivity contribution in [2.24, 2.45) is 5.92 Å². The van der Waals surface area contributed by atoms with Crippen molar-refractivity contribution in [1.82, 2.24) is 4.90 Å². The fourth-order valence-electron chi connectivity index (χ4n) is 1.98. The van der Waals surface area contributed by atoms with Gasteiger partial charge in [0, 0.05) is 25.7 Å². The van der Waals surface area contributed by atoms with Crippen LogP contribution in [0.15, 0.2) is 24.3 Å². The largest absolute Gasteiger partial charge is 0.399 e. The van der Waals surface area contributed by atoms with Gasteiger partial charge in [-0.2, -0.15) is 0 Å². The van der Waals surface area contributed by atoms with Crippen LogP contribution in [0.2, 0.25) is 0 Å². The van der Waals surface area contributed by atoms with Crippen LogP contribution < -0.4 is 5.73 Å². The first-order valence-electron chi connectivity index (χ1n) is 6.24. The molecule has 1 amide bonds. The third-order valence-electron chi connectivity index (χ3n) is 3.32. The van der Waals surface area contributed by atoms with Crippen molar-refractivity contribution in [3.8, 4) is 0 Å². The molecule has 0 spiro atoms. The Hall–Kier alpha value is -1.51. The number of carbonyl (C=O) groups excluding carboxylic acids is 1. The van der Waals surface area contributed by atoms with Crippen molar-refractivity contribution < 1.29 is 4.79 Å². The molecule has 92 valence electrons. The molecule has 17 heavy (non-hydrogen) atoms. The fraction of sp³-hybridized carbons (Fsp3) is 0.500. The van der Waals surface area contributed by atoms with E-state index in [0.29, 0.717) is 6.42 Å². The number of nitrogen functional groups attached to an aromatic ring is 1. The number of aryl methyl sites for hydroxylation is 1.